The van der Waals surface area contributed by atoms with Gasteiger partial charge in [-0.05, 0) is 6.07 Å². The molecule has 1 aromatic heterocycles. The number of carbonyl (C=O) groups excluding carboxylic acids is 1. The molecule has 0 radical (unpaired) electrons. The summed E-state index contributed by atoms with van der Waals surface area (Å²) in [6, 6.07) is 1.58. The molecule has 0 unspecified atom stereocenters. The lowest BCUT2D eigenvalue weighted by molar-refractivity contribution is -0.163. The van der Waals surface area contributed by atoms with Crippen LogP contribution in [0.1, 0.15) is 0 Å². The van der Waals surface area contributed by atoms with Gasteiger partial charge < -0.3 is 15.0 Å². The highest BCUT2D eigenvalue weighted by Crippen LogP contribution is 2.17. The molecule has 104 valence electrons. The third-order valence-electron chi connectivity index (χ3n) is 2.40. The molecule has 0 aliphatic carbocycles. The number of nitrogens with zero attached hydrogens (tertiary/aromatic N) is 3. The van der Waals surface area contributed by atoms with Crippen molar-refractivity contribution in [2.24, 2.45) is 0 Å². The first kappa shape index (κ1) is 13.4. The Morgan fingerprint density at radius 2 is 2.05 bits per heavy atom. The van der Waals surface area contributed by atoms with E-state index in [-0.39, 0.29) is 19.1 Å². The maximum Gasteiger partial charge on any atom is 0.422 e. The topological polar surface area (TPSA) is 67.3 Å². The molecule has 0 bridgehead atoms. The van der Waals surface area contributed by atoms with Gasteiger partial charge in [0.05, 0.1) is 6.04 Å². The summed E-state index contributed by atoms with van der Waals surface area (Å²) in [7, 11) is 0. The van der Waals surface area contributed by atoms with E-state index in [0.29, 0.717) is 5.95 Å². The summed E-state index contributed by atoms with van der Waals surface area (Å²) in [6.07, 6.45) is -2.35. The molecule has 1 fully saturated rings. The predicted octanol–water partition coefficient (Wildman–Crippen LogP) is 1.27. The first-order valence-electron chi connectivity index (χ1n) is 5.46. The Morgan fingerprint density at radius 1 is 1.42 bits per heavy atom. The Balaban J connectivity index is 1.70. The fraction of sp³-hybridized carbons (Fsp3) is 0.500. The average Bonchev–Trinajstić information content (AvgIpc) is 2.31. The Morgan fingerprint density at radius 3 is 2.63 bits per heavy atom. The minimum absolute atomic E-state index is 0.0826. The maximum absolute atomic E-state index is 11.8. The zero-order chi connectivity index (χ0) is 13.9. The van der Waals surface area contributed by atoms with Crippen molar-refractivity contribution < 1.29 is 22.7 Å². The Kier molecular flexibility index (Phi) is 3.72. The first-order valence-corrected chi connectivity index (χ1v) is 5.46. The molecule has 0 aromatic carbocycles. The molecule has 1 aliphatic heterocycles. The van der Waals surface area contributed by atoms with Gasteiger partial charge in [0, 0.05) is 25.5 Å². The SMILES string of the molecule is O=C(OCC(F)(F)F)N1CC(Nc2ncccn2)C1. The Hall–Kier alpha value is -2.06. The minimum Gasteiger partial charge on any atom is -0.440 e. The number of hydrogen-bond donors (Lipinski definition) is 1. The van der Waals surface area contributed by atoms with E-state index in [1.165, 1.54) is 4.90 Å². The van der Waals surface area contributed by atoms with E-state index >= 15 is 0 Å². The molecule has 1 aliphatic rings. The number of halogens is 3. The summed E-state index contributed by atoms with van der Waals surface area (Å²) < 4.78 is 39.6. The molecular formula is C10H11F3N4O2. The van der Waals surface area contributed by atoms with Gasteiger partial charge in [-0.2, -0.15) is 13.2 Å². The van der Waals surface area contributed by atoms with Crippen LogP contribution in [0.15, 0.2) is 18.5 Å². The van der Waals surface area contributed by atoms with Crippen LogP contribution in [0.5, 0.6) is 0 Å². The largest absolute Gasteiger partial charge is 0.440 e. The van der Waals surface area contributed by atoms with Crippen molar-refractivity contribution in [3.8, 4) is 0 Å². The number of aromatic nitrogens is 2. The molecule has 0 atom stereocenters. The average molecular weight is 276 g/mol. The molecule has 1 saturated heterocycles. The number of ether oxygens (including phenoxy) is 1. The van der Waals surface area contributed by atoms with Gasteiger partial charge in [0.2, 0.25) is 5.95 Å². The van der Waals surface area contributed by atoms with Crippen molar-refractivity contribution in [2.75, 3.05) is 25.0 Å². The molecule has 2 heterocycles. The number of rotatable bonds is 3. The van der Waals surface area contributed by atoms with Crippen molar-refractivity contribution >= 4 is 12.0 Å². The molecule has 1 amide bonds. The van der Waals surface area contributed by atoms with Crippen LogP contribution in [0, 0.1) is 0 Å². The molecule has 1 N–H and O–H groups in total. The molecule has 9 heteroatoms. The molecule has 1 aromatic rings. The van der Waals surface area contributed by atoms with E-state index in [1.54, 1.807) is 18.5 Å². The number of amides is 1. The standard InChI is InChI=1S/C10H11F3N4O2/c11-10(12,13)6-19-9(18)17-4-7(5-17)16-8-14-2-1-3-15-8/h1-3,7H,4-6H2,(H,14,15,16). The highest BCUT2D eigenvalue weighted by Gasteiger charge is 2.35. The van der Waals surface area contributed by atoms with Crippen LogP contribution in [0.4, 0.5) is 23.9 Å². The second-order valence-corrected chi connectivity index (χ2v) is 3.99. The van der Waals surface area contributed by atoms with Crippen LogP contribution in [0.2, 0.25) is 0 Å². The number of hydrogen-bond acceptors (Lipinski definition) is 5. The summed E-state index contributed by atoms with van der Waals surface area (Å²) >= 11 is 0. The van der Waals surface area contributed by atoms with Crippen molar-refractivity contribution in [3.05, 3.63) is 18.5 Å². The van der Waals surface area contributed by atoms with Gasteiger partial charge in [0.15, 0.2) is 6.61 Å². The second kappa shape index (κ2) is 5.29. The lowest BCUT2D eigenvalue weighted by atomic mass is 10.1. The monoisotopic (exact) mass is 276 g/mol. The number of carbonyl (C=O) groups is 1. The van der Waals surface area contributed by atoms with Gasteiger partial charge in [-0.3, -0.25) is 0 Å². The summed E-state index contributed by atoms with van der Waals surface area (Å²) in [4.78, 5) is 20.3. The van der Waals surface area contributed by atoms with E-state index in [9.17, 15) is 18.0 Å². The lowest BCUT2D eigenvalue weighted by Gasteiger charge is -2.38. The number of nitrogens with one attached hydrogen (secondary N) is 1. The molecule has 2 rings (SSSR count). The summed E-state index contributed by atoms with van der Waals surface area (Å²) in [6.45, 7) is -1.05. The number of likely N-dealkylation sites (tertiary alicyclic amines) is 1. The van der Waals surface area contributed by atoms with E-state index in [0.717, 1.165) is 0 Å². The maximum atomic E-state index is 11.8. The first-order chi connectivity index (χ1) is 8.94. The van der Waals surface area contributed by atoms with E-state index in [1.807, 2.05) is 0 Å². The third kappa shape index (κ3) is 3.97. The second-order valence-electron chi connectivity index (χ2n) is 3.99. The lowest BCUT2D eigenvalue weighted by Crippen LogP contribution is -2.57. The summed E-state index contributed by atoms with van der Waals surface area (Å²) in [5.41, 5.74) is 0. The zero-order valence-electron chi connectivity index (χ0n) is 9.72. The smallest absolute Gasteiger partial charge is 0.422 e. The van der Waals surface area contributed by atoms with Gasteiger partial charge >= 0.3 is 12.3 Å². The van der Waals surface area contributed by atoms with E-state index in [2.05, 4.69) is 20.0 Å². The third-order valence-corrected chi connectivity index (χ3v) is 2.40. The van der Waals surface area contributed by atoms with Gasteiger partial charge in [0.1, 0.15) is 0 Å². The highest BCUT2D eigenvalue weighted by molar-refractivity contribution is 5.69. The summed E-state index contributed by atoms with van der Waals surface area (Å²) in [5, 5.41) is 2.94. The van der Waals surface area contributed by atoms with Gasteiger partial charge in [-0.15, -0.1) is 0 Å². The fourth-order valence-corrected chi connectivity index (χ4v) is 1.51. The Bertz CT molecular complexity index is 434. The van der Waals surface area contributed by atoms with Crippen molar-refractivity contribution in [3.63, 3.8) is 0 Å². The normalized spacial score (nSPS) is 15.8. The van der Waals surface area contributed by atoms with Crippen molar-refractivity contribution in [1.29, 1.82) is 0 Å². The molecular weight excluding hydrogens is 265 g/mol. The fourth-order valence-electron chi connectivity index (χ4n) is 1.51. The molecule has 6 nitrogen and oxygen atoms in total. The predicted molar refractivity (Wildman–Crippen MR) is 58.4 cm³/mol. The molecule has 0 spiro atoms. The van der Waals surface area contributed by atoms with Crippen LogP contribution in [0.3, 0.4) is 0 Å². The van der Waals surface area contributed by atoms with Crippen LogP contribution in [-0.4, -0.2) is 52.9 Å². The van der Waals surface area contributed by atoms with Gasteiger partial charge in [-0.25, -0.2) is 14.8 Å². The Labute approximate surface area is 106 Å². The number of alkyl halides is 3. The highest BCUT2D eigenvalue weighted by atomic mass is 19.4. The van der Waals surface area contributed by atoms with Gasteiger partial charge in [-0.1, -0.05) is 0 Å². The quantitative estimate of drug-likeness (QED) is 0.900. The van der Waals surface area contributed by atoms with Crippen molar-refractivity contribution in [2.45, 2.75) is 12.2 Å². The molecule has 19 heavy (non-hydrogen) atoms. The van der Waals surface area contributed by atoms with Gasteiger partial charge in [0.25, 0.3) is 0 Å². The van der Waals surface area contributed by atoms with Crippen LogP contribution in [0.25, 0.3) is 0 Å². The van der Waals surface area contributed by atoms with Crippen LogP contribution >= 0.6 is 0 Å². The molecule has 0 saturated carbocycles. The van der Waals surface area contributed by atoms with Crippen LogP contribution in [-0.2, 0) is 4.74 Å². The van der Waals surface area contributed by atoms with E-state index in [4.69, 9.17) is 0 Å². The van der Waals surface area contributed by atoms with E-state index < -0.39 is 18.9 Å². The van der Waals surface area contributed by atoms with Crippen molar-refractivity contribution in [1.82, 2.24) is 14.9 Å². The number of anilines is 1. The summed E-state index contributed by atoms with van der Waals surface area (Å²) in [5.74, 6) is 0.413. The zero-order valence-corrected chi connectivity index (χ0v) is 9.72. The minimum atomic E-state index is -4.50. The van der Waals surface area contributed by atoms with Crippen LogP contribution < -0.4 is 5.32 Å².